The first-order chi connectivity index (χ1) is 12.5. The van der Waals surface area contributed by atoms with Crippen molar-refractivity contribution in [2.75, 3.05) is 24.5 Å². The number of benzene rings is 1. The standard InChI is InChI=1S/C20H26F2N2O2/c21-16-3-1-4-17(22)18(16)23-11-2-9-20(13-23)10-12-24(19(20)26)14-5-7-15(25)8-6-14/h1,3-4,14-15,25H,2,5-13H2/t14-,15-,20-/m0/s1. The summed E-state index contributed by atoms with van der Waals surface area (Å²) in [5.41, 5.74) is -0.526. The summed E-state index contributed by atoms with van der Waals surface area (Å²) in [4.78, 5) is 17.0. The molecule has 3 fully saturated rings. The van der Waals surface area contributed by atoms with Gasteiger partial charge in [0.25, 0.3) is 0 Å². The Balaban J connectivity index is 1.53. The van der Waals surface area contributed by atoms with E-state index in [9.17, 15) is 18.7 Å². The minimum Gasteiger partial charge on any atom is -0.393 e. The number of halogens is 2. The molecule has 1 atom stereocenters. The van der Waals surface area contributed by atoms with Crippen molar-refractivity contribution in [1.82, 2.24) is 4.90 Å². The molecule has 1 spiro atoms. The number of para-hydroxylation sites is 1. The number of carbonyl (C=O) groups is 1. The average molecular weight is 364 g/mol. The molecule has 2 heterocycles. The van der Waals surface area contributed by atoms with Crippen LogP contribution in [-0.2, 0) is 4.79 Å². The first kappa shape index (κ1) is 17.7. The molecule has 4 rings (SSSR count). The van der Waals surface area contributed by atoms with Crippen molar-refractivity contribution < 1.29 is 18.7 Å². The second kappa shape index (κ2) is 6.80. The van der Waals surface area contributed by atoms with Crippen LogP contribution in [0.25, 0.3) is 0 Å². The Kier molecular flexibility index (Phi) is 4.63. The van der Waals surface area contributed by atoms with E-state index >= 15 is 0 Å². The fraction of sp³-hybridized carbons (Fsp3) is 0.650. The molecule has 3 aliphatic rings. The van der Waals surface area contributed by atoms with E-state index in [0.29, 0.717) is 19.6 Å². The second-order valence-corrected chi connectivity index (χ2v) is 8.09. The molecule has 0 radical (unpaired) electrons. The molecule has 0 unspecified atom stereocenters. The van der Waals surface area contributed by atoms with Crippen molar-refractivity contribution in [1.29, 1.82) is 0 Å². The Morgan fingerprint density at radius 2 is 1.73 bits per heavy atom. The van der Waals surface area contributed by atoms with Gasteiger partial charge in [0.05, 0.1) is 11.5 Å². The smallest absolute Gasteiger partial charge is 0.230 e. The van der Waals surface area contributed by atoms with Gasteiger partial charge in [-0.05, 0) is 57.1 Å². The topological polar surface area (TPSA) is 43.8 Å². The van der Waals surface area contributed by atoms with Crippen LogP contribution in [-0.4, -0.2) is 47.7 Å². The molecule has 26 heavy (non-hydrogen) atoms. The van der Waals surface area contributed by atoms with E-state index in [0.717, 1.165) is 44.9 Å². The highest BCUT2D eigenvalue weighted by Gasteiger charge is 2.51. The van der Waals surface area contributed by atoms with Gasteiger partial charge in [-0.1, -0.05) is 6.07 Å². The quantitative estimate of drug-likeness (QED) is 0.877. The zero-order valence-corrected chi connectivity index (χ0v) is 15.0. The summed E-state index contributed by atoms with van der Waals surface area (Å²) in [5, 5.41) is 9.71. The highest BCUT2D eigenvalue weighted by molar-refractivity contribution is 5.86. The number of aliphatic hydroxyl groups is 1. The zero-order chi connectivity index (χ0) is 18.3. The Bertz CT molecular complexity index is 670. The minimum absolute atomic E-state index is 0.00128. The number of anilines is 1. The van der Waals surface area contributed by atoms with Crippen LogP contribution in [0.3, 0.4) is 0 Å². The first-order valence-corrected chi connectivity index (χ1v) is 9.68. The lowest BCUT2D eigenvalue weighted by Gasteiger charge is -2.41. The fourth-order valence-electron chi connectivity index (χ4n) is 5.06. The largest absolute Gasteiger partial charge is 0.393 e. The third-order valence-electron chi connectivity index (χ3n) is 6.48. The van der Waals surface area contributed by atoms with E-state index in [4.69, 9.17) is 0 Å². The van der Waals surface area contributed by atoms with E-state index < -0.39 is 17.0 Å². The predicted octanol–water partition coefficient (Wildman–Crippen LogP) is 3.09. The Hall–Kier alpha value is -1.69. The van der Waals surface area contributed by atoms with Crippen molar-refractivity contribution in [2.45, 2.75) is 57.1 Å². The van der Waals surface area contributed by atoms with E-state index in [1.54, 1.807) is 4.90 Å². The fourth-order valence-corrected chi connectivity index (χ4v) is 5.06. The van der Waals surface area contributed by atoms with Crippen molar-refractivity contribution in [3.63, 3.8) is 0 Å². The molecule has 0 aromatic heterocycles. The zero-order valence-electron chi connectivity index (χ0n) is 15.0. The number of nitrogens with zero attached hydrogens (tertiary/aromatic N) is 2. The molecule has 1 aromatic rings. The number of hydrogen-bond acceptors (Lipinski definition) is 3. The van der Waals surface area contributed by atoms with E-state index in [-0.39, 0.29) is 23.7 Å². The Morgan fingerprint density at radius 1 is 1.04 bits per heavy atom. The van der Waals surface area contributed by atoms with Gasteiger partial charge >= 0.3 is 0 Å². The van der Waals surface area contributed by atoms with Gasteiger partial charge in [0.15, 0.2) is 0 Å². The van der Waals surface area contributed by atoms with Crippen LogP contribution < -0.4 is 4.90 Å². The normalized spacial score (nSPS) is 32.5. The van der Waals surface area contributed by atoms with Crippen LogP contribution in [0.1, 0.15) is 44.9 Å². The highest BCUT2D eigenvalue weighted by atomic mass is 19.1. The Morgan fingerprint density at radius 3 is 2.42 bits per heavy atom. The van der Waals surface area contributed by atoms with Crippen LogP contribution in [0.15, 0.2) is 18.2 Å². The van der Waals surface area contributed by atoms with Crippen LogP contribution in [0.2, 0.25) is 0 Å². The van der Waals surface area contributed by atoms with Crippen molar-refractivity contribution >= 4 is 11.6 Å². The summed E-state index contributed by atoms with van der Waals surface area (Å²) in [6.07, 6.45) is 5.22. The maximum absolute atomic E-state index is 14.2. The molecular formula is C20H26F2N2O2. The number of likely N-dealkylation sites (tertiary alicyclic amines) is 1. The summed E-state index contributed by atoms with van der Waals surface area (Å²) in [7, 11) is 0. The molecule has 6 heteroatoms. The van der Waals surface area contributed by atoms with Crippen LogP contribution in [0.5, 0.6) is 0 Å². The van der Waals surface area contributed by atoms with Crippen LogP contribution in [0, 0.1) is 17.0 Å². The van der Waals surface area contributed by atoms with E-state index in [1.165, 1.54) is 18.2 Å². The van der Waals surface area contributed by atoms with Gasteiger partial charge in [-0.3, -0.25) is 4.79 Å². The summed E-state index contributed by atoms with van der Waals surface area (Å²) in [5.74, 6) is -0.989. The molecule has 1 saturated carbocycles. The van der Waals surface area contributed by atoms with Crippen LogP contribution >= 0.6 is 0 Å². The molecule has 2 saturated heterocycles. The summed E-state index contributed by atoms with van der Waals surface area (Å²) in [6, 6.07) is 4.12. The molecule has 1 aromatic carbocycles. The summed E-state index contributed by atoms with van der Waals surface area (Å²) < 4.78 is 28.4. The molecule has 1 N–H and O–H groups in total. The molecule has 2 aliphatic heterocycles. The van der Waals surface area contributed by atoms with Gasteiger partial charge < -0.3 is 14.9 Å². The number of carbonyl (C=O) groups excluding carboxylic acids is 1. The maximum Gasteiger partial charge on any atom is 0.230 e. The molecule has 1 aliphatic carbocycles. The van der Waals surface area contributed by atoms with E-state index in [2.05, 4.69) is 0 Å². The predicted molar refractivity (Wildman–Crippen MR) is 94.8 cm³/mol. The molecule has 4 nitrogen and oxygen atoms in total. The van der Waals surface area contributed by atoms with Crippen molar-refractivity contribution in [3.8, 4) is 0 Å². The lowest BCUT2D eigenvalue weighted by Crippen LogP contribution is -2.50. The maximum atomic E-state index is 14.2. The Labute approximate surface area is 152 Å². The van der Waals surface area contributed by atoms with Crippen molar-refractivity contribution in [2.24, 2.45) is 5.41 Å². The third-order valence-corrected chi connectivity index (χ3v) is 6.48. The highest BCUT2D eigenvalue weighted by Crippen LogP contribution is 2.44. The second-order valence-electron chi connectivity index (χ2n) is 8.09. The monoisotopic (exact) mass is 364 g/mol. The SMILES string of the molecule is O=C1N([C@H]2CC[C@H](O)CC2)CC[C@]12CCCN(c1c(F)cccc1F)C2. The van der Waals surface area contributed by atoms with Gasteiger partial charge in [0.2, 0.25) is 5.91 Å². The van der Waals surface area contributed by atoms with Gasteiger partial charge in [0, 0.05) is 25.7 Å². The molecule has 1 amide bonds. The lowest BCUT2D eigenvalue weighted by molar-refractivity contribution is -0.139. The van der Waals surface area contributed by atoms with Gasteiger partial charge in [-0.15, -0.1) is 0 Å². The lowest BCUT2D eigenvalue weighted by atomic mass is 9.78. The summed E-state index contributed by atoms with van der Waals surface area (Å²) >= 11 is 0. The average Bonchev–Trinajstić information content (AvgIpc) is 2.92. The molecule has 142 valence electrons. The number of hydrogen-bond donors (Lipinski definition) is 1. The minimum atomic E-state index is -0.564. The van der Waals surface area contributed by atoms with Gasteiger partial charge in [0.1, 0.15) is 17.3 Å². The summed E-state index contributed by atoms with van der Waals surface area (Å²) in [6.45, 7) is 1.67. The number of amides is 1. The number of piperidine rings is 1. The van der Waals surface area contributed by atoms with Gasteiger partial charge in [-0.25, -0.2) is 8.78 Å². The van der Waals surface area contributed by atoms with Gasteiger partial charge in [-0.2, -0.15) is 0 Å². The third kappa shape index (κ3) is 2.98. The first-order valence-electron chi connectivity index (χ1n) is 9.68. The molecular weight excluding hydrogens is 338 g/mol. The van der Waals surface area contributed by atoms with Crippen molar-refractivity contribution in [3.05, 3.63) is 29.8 Å². The molecule has 0 bridgehead atoms. The van der Waals surface area contributed by atoms with E-state index in [1.807, 2.05) is 4.90 Å². The number of aliphatic hydroxyl groups excluding tert-OH is 1. The number of rotatable bonds is 2. The van der Waals surface area contributed by atoms with Crippen LogP contribution in [0.4, 0.5) is 14.5 Å².